The average molecular weight is 711 g/mol. The molecular formula is C39H39ClN4O5S. The molecule has 2 aromatic heterocycles. The third-order valence-corrected chi connectivity index (χ3v) is 13.4. The van der Waals surface area contributed by atoms with Crippen molar-refractivity contribution in [2.75, 3.05) is 11.4 Å². The maximum Gasteiger partial charge on any atom is 0.242 e. The number of phenolic OH excluding ortho intramolecular Hbond substituents is 1. The van der Waals surface area contributed by atoms with Crippen molar-refractivity contribution in [2.24, 2.45) is 36.1 Å². The maximum atomic E-state index is 15.0. The van der Waals surface area contributed by atoms with Gasteiger partial charge in [-0.1, -0.05) is 42.3 Å². The third kappa shape index (κ3) is 4.40. The number of nitrogens with zero attached hydrogens (tertiary/aromatic N) is 4. The molecule has 4 heterocycles. The van der Waals surface area contributed by atoms with E-state index in [1.165, 1.54) is 9.80 Å². The van der Waals surface area contributed by atoms with E-state index in [1.807, 2.05) is 71.0 Å². The number of carbonyl (C=O) groups excluding carboxylic acids is 4. The van der Waals surface area contributed by atoms with E-state index in [9.17, 15) is 19.5 Å². The van der Waals surface area contributed by atoms with Crippen LogP contribution in [0, 0.1) is 49.9 Å². The van der Waals surface area contributed by atoms with Gasteiger partial charge in [-0.2, -0.15) is 5.10 Å². The Morgan fingerprint density at radius 1 is 1.00 bits per heavy atom. The molecule has 258 valence electrons. The van der Waals surface area contributed by atoms with Crippen LogP contribution in [0.4, 0.5) is 5.82 Å². The van der Waals surface area contributed by atoms with Gasteiger partial charge in [0.15, 0.2) is 0 Å². The van der Waals surface area contributed by atoms with Crippen molar-refractivity contribution in [3.05, 3.63) is 75.3 Å². The normalized spacial score (nSPS) is 27.7. The Bertz CT molecular complexity index is 2200. The molecule has 2 aliphatic carbocycles. The number of likely N-dealkylation sites (tertiary alicyclic amines) is 1. The van der Waals surface area contributed by atoms with Gasteiger partial charge in [-0.25, -0.2) is 4.90 Å². The van der Waals surface area contributed by atoms with E-state index in [0.717, 1.165) is 31.7 Å². The van der Waals surface area contributed by atoms with Gasteiger partial charge in [0.25, 0.3) is 0 Å². The number of halogens is 1. The minimum absolute atomic E-state index is 0.143. The minimum Gasteiger partial charge on any atom is -0.507 e. The number of allylic oxidation sites excluding steroid dienone is 2. The van der Waals surface area contributed by atoms with Crippen molar-refractivity contribution in [1.29, 1.82) is 0 Å². The molecule has 4 amide bonds. The highest BCUT2D eigenvalue weighted by molar-refractivity contribution is 7.22. The van der Waals surface area contributed by atoms with Crippen LogP contribution in [0.15, 0.2) is 48.0 Å². The number of aromatic nitrogens is 2. The molecule has 11 heteroatoms. The van der Waals surface area contributed by atoms with Gasteiger partial charge in [0.05, 0.1) is 28.0 Å². The number of hydrogen-bond acceptors (Lipinski definition) is 7. The van der Waals surface area contributed by atoms with Crippen LogP contribution in [0.5, 0.6) is 5.75 Å². The number of fused-ring (bicyclic) bond motifs is 5. The number of amides is 4. The SMILES string of the molecule is CCCN1C(=O)C2CC=C3C(CC4C(=O)N(c5cc(-c6sc7ccc(Cl)cc7c6C)nn5C)C(=O)C4(C)C3c3cc(C)c(O)c(C)c3)C2C1=O. The molecule has 0 spiro atoms. The summed E-state index contributed by atoms with van der Waals surface area (Å²) >= 11 is 7.89. The lowest BCUT2D eigenvalue weighted by Gasteiger charge is -2.49. The molecule has 50 heavy (non-hydrogen) atoms. The molecule has 4 aromatic rings. The molecule has 1 saturated carbocycles. The largest absolute Gasteiger partial charge is 0.507 e. The second-order valence-corrected chi connectivity index (χ2v) is 16.2. The van der Waals surface area contributed by atoms with E-state index in [2.05, 4.69) is 6.08 Å². The first-order valence-electron chi connectivity index (χ1n) is 17.2. The zero-order chi connectivity index (χ0) is 35.5. The highest BCUT2D eigenvalue weighted by Gasteiger charge is 2.68. The van der Waals surface area contributed by atoms with Crippen molar-refractivity contribution in [1.82, 2.24) is 14.7 Å². The van der Waals surface area contributed by atoms with Gasteiger partial charge >= 0.3 is 0 Å². The number of rotatable bonds is 5. The summed E-state index contributed by atoms with van der Waals surface area (Å²) in [6.45, 7) is 9.87. The molecule has 2 aromatic carbocycles. The van der Waals surface area contributed by atoms with Crippen molar-refractivity contribution in [2.45, 2.75) is 59.8 Å². The Balaban J connectivity index is 1.26. The molecule has 0 radical (unpaired) electrons. The first kappa shape index (κ1) is 32.9. The molecule has 2 saturated heterocycles. The zero-order valence-corrected chi connectivity index (χ0v) is 30.5. The number of anilines is 1. The summed E-state index contributed by atoms with van der Waals surface area (Å²) in [7, 11) is 1.74. The van der Waals surface area contributed by atoms with E-state index < -0.39 is 29.1 Å². The van der Waals surface area contributed by atoms with Crippen molar-refractivity contribution in [3.63, 3.8) is 0 Å². The Morgan fingerprint density at radius 2 is 1.72 bits per heavy atom. The number of carbonyl (C=O) groups is 4. The molecule has 8 rings (SSSR count). The molecule has 2 aliphatic heterocycles. The number of aromatic hydroxyl groups is 1. The van der Waals surface area contributed by atoms with Crippen LogP contribution in [0.1, 0.15) is 61.3 Å². The van der Waals surface area contributed by atoms with E-state index in [0.29, 0.717) is 47.0 Å². The van der Waals surface area contributed by atoms with Gasteiger partial charge in [-0.3, -0.25) is 28.8 Å². The summed E-state index contributed by atoms with van der Waals surface area (Å²) in [4.78, 5) is 60.9. The van der Waals surface area contributed by atoms with E-state index in [-0.39, 0.29) is 41.7 Å². The summed E-state index contributed by atoms with van der Waals surface area (Å²) in [5.41, 5.74) is 3.58. The fraction of sp³-hybridized carbons (Fsp3) is 0.410. The first-order valence-corrected chi connectivity index (χ1v) is 18.4. The summed E-state index contributed by atoms with van der Waals surface area (Å²) in [5.74, 6) is -3.12. The number of hydrogen-bond donors (Lipinski definition) is 1. The Kier molecular flexibility index (Phi) is 7.48. The summed E-state index contributed by atoms with van der Waals surface area (Å²) in [6.07, 6.45) is 3.43. The predicted molar refractivity (Wildman–Crippen MR) is 193 cm³/mol. The summed E-state index contributed by atoms with van der Waals surface area (Å²) in [5, 5.41) is 17.2. The lowest BCUT2D eigenvalue weighted by molar-refractivity contribution is -0.140. The van der Waals surface area contributed by atoms with Gasteiger partial charge in [0, 0.05) is 35.3 Å². The molecule has 3 fully saturated rings. The lowest BCUT2D eigenvalue weighted by Crippen LogP contribution is -2.49. The van der Waals surface area contributed by atoms with Crippen LogP contribution in [0.2, 0.25) is 5.02 Å². The number of aryl methyl sites for hydroxylation is 4. The second-order valence-electron chi connectivity index (χ2n) is 14.7. The Morgan fingerprint density at radius 3 is 2.42 bits per heavy atom. The predicted octanol–water partition coefficient (Wildman–Crippen LogP) is 7.23. The summed E-state index contributed by atoms with van der Waals surface area (Å²) < 4.78 is 2.66. The molecule has 4 aliphatic rings. The van der Waals surface area contributed by atoms with E-state index >= 15 is 4.79 Å². The zero-order valence-electron chi connectivity index (χ0n) is 28.9. The van der Waals surface area contributed by atoms with Crippen molar-refractivity contribution < 1.29 is 24.3 Å². The van der Waals surface area contributed by atoms with Gasteiger partial charge in [0.1, 0.15) is 17.3 Å². The average Bonchev–Trinajstić information content (AvgIpc) is 3.74. The molecule has 6 atom stereocenters. The van der Waals surface area contributed by atoms with E-state index in [4.69, 9.17) is 16.7 Å². The van der Waals surface area contributed by atoms with Crippen LogP contribution < -0.4 is 4.90 Å². The van der Waals surface area contributed by atoms with Gasteiger partial charge < -0.3 is 5.11 Å². The van der Waals surface area contributed by atoms with Crippen LogP contribution in [-0.4, -0.2) is 50.0 Å². The highest BCUT2D eigenvalue weighted by atomic mass is 35.5. The van der Waals surface area contributed by atoms with Crippen LogP contribution in [-0.2, 0) is 26.2 Å². The van der Waals surface area contributed by atoms with Gasteiger partial charge in [-0.15, -0.1) is 11.3 Å². The van der Waals surface area contributed by atoms with Crippen LogP contribution in [0.3, 0.4) is 0 Å². The van der Waals surface area contributed by atoms with E-state index in [1.54, 1.807) is 23.1 Å². The molecule has 9 nitrogen and oxygen atoms in total. The Hall–Kier alpha value is -4.28. The van der Waals surface area contributed by atoms with Crippen molar-refractivity contribution >= 4 is 62.5 Å². The number of thiophene rings is 1. The third-order valence-electron chi connectivity index (χ3n) is 11.9. The summed E-state index contributed by atoms with van der Waals surface area (Å²) in [6, 6.07) is 11.4. The quantitative estimate of drug-likeness (QED) is 0.173. The minimum atomic E-state index is -1.19. The highest BCUT2D eigenvalue weighted by Crippen LogP contribution is 2.64. The van der Waals surface area contributed by atoms with Gasteiger partial charge in [-0.05, 0) is 98.7 Å². The number of benzene rings is 2. The number of imide groups is 2. The fourth-order valence-corrected chi connectivity index (χ4v) is 10.8. The maximum absolute atomic E-state index is 15.0. The second kappa shape index (κ2) is 11.4. The Labute approximate surface area is 299 Å². The van der Waals surface area contributed by atoms with Crippen molar-refractivity contribution in [3.8, 4) is 16.3 Å². The van der Waals surface area contributed by atoms with Crippen LogP contribution in [0.25, 0.3) is 20.7 Å². The smallest absolute Gasteiger partial charge is 0.242 e. The number of phenols is 1. The molecular weight excluding hydrogens is 672 g/mol. The molecule has 6 unspecified atom stereocenters. The topological polar surface area (TPSA) is 113 Å². The lowest BCUT2D eigenvalue weighted by atomic mass is 9.51. The van der Waals surface area contributed by atoms with Crippen LogP contribution >= 0.6 is 22.9 Å². The first-order chi connectivity index (χ1) is 23.8. The fourth-order valence-electron chi connectivity index (χ4n) is 9.49. The van der Waals surface area contributed by atoms with Gasteiger partial charge in [0.2, 0.25) is 23.6 Å². The monoisotopic (exact) mass is 710 g/mol. The molecule has 0 bridgehead atoms. The molecule has 1 N–H and O–H groups in total. The standard InChI is InChI=1S/C39H39ClN4O5S/c1-7-12-43-35(46)24-10-9-23-26(31(24)37(43)48)16-27-36(47)44(38(49)39(27,5)32(23)21-13-18(2)33(45)19(3)14-21)30-17-28(41-42(30)6)34-20(4)25-15-22(40)8-11-29(25)50-34/h8-9,11,13-15,17,24,26-27,31-32,45H,7,10,12,16H2,1-6H3.